The van der Waals surface area contributed by atoms with E-state index >= 15 is 0 Å². The summed E-state index contributed by atoms with van der Waals surface area (Å²) in [5, 5.41) is 20.3. The SMILES string of the molecule is Cc1ncsc1-c1ccc([C@H](C)NC(=O)[C@@H]2C[C@@H](O)CN2C(=O)[C@@H](NC(=O)COCCOCC(=O)Nc2ccc(Sc3cnc(N4CCC(C)(CN)CC4)cn3)c(Cl)c2)C(C)(C)C)cc1. The van der Waals surface area contributed by atoms with E-state index in [2.05, 4.69) is 42.7 Å². The van der Waals surface area contributed by atoms with Gasteiger partial charge >= 0.3 is 0 Å². The van der Waals surface area contributed by atoms with Crippen LogP contribution in [0.5, 0.6) is 0 Å². The van der Waals surface area contributed by atoms with E-state index in [-0.39, 0.29) is 50.8 Å². The van der Waals surface area contributed by atoms with Crippen molar-refractivity contribution in [2.45, 2.75) is 95.0 Å². The van der Waals surface area contributed by atoms with Gasteiger partial charge in [0.25, 0.3) is 0 Å². The normalized spacial score (nSPS) is 18.2. The van der Waals surface area contributed by atoms with Gasteiger partial charge in [0.1, 0.15) is 36.1 Å². The second-order valence-electron chi connectivity index (χ2n) is 18.0. The van der Waals surface area contributed by atoms with E-state index < -0.39 is 47.2 Å². The molecule has 350 valence electrons. The third-order valence-corrected chi connectivity index (χ3v) is 14.1. The second kappa shape index (κ2) is 22.2. The van der Waals surface area contributed by atoms with E-state index in [1.165, 1.54) is 16.7 Å². The van der Waals surface area contributed by atoms with Crippen molar-refractivity contribution in [3.63, 3.8) is 0 Å². The second-order valence-corrected chi connectivity index (χ2v) is 20.3. The number of amides is 4. The molecule has 0 spiro atoms. The molecule has 2 aliphatic rings. The molecular formula is C46H60ClN9O7S2. The number of benzene rings is 2. The number of hydrogen-bond donors (Lipinski definition) is 5. The number of halogens is 1. The van der Waals surface area contributed by atoms with Gasteiger partial charge in [-0.25, -0.2) is 15.0 Å². The number of aliphatic hydroxyl groups is 1. The van der Waals surface area contributed by atoms with Crippen molar-refractivity contribution < 1.29 is 33.8 Å². The highest BCUT2D eigenvalue weighted by Gasteiger charge is 2.44. The monoisotopic (exact) mass is 949 g/mol. The standard InChI is InChI=1S/C46H60ClN9O7S2/c1-28(30-7-9-31(10-8-30)41-29(2)51-27-64-41)52-43(60)35-20-33(57)23-56(35)44(61)42(45(3,4)5)54-39(59)25-63-18-17-62-24-38(58)53-32-11-12-36(34(47)19-32)65-40-22-49-37(21-50-40)55-15-13-46(6,26-48)14-16-55/h7-12,19,21-22,27-28,33,35,42,57H,13-18,20,23-26,48H2,1-6H3,(H,52,60)(H,53,58)(H,54,59)/t28-,33+,35-,42+/m0/s1. The van der Waals surface area contributed by atoms with Gasteiger partial charge < -0.3 is 46.1 Å². The first-order chi connectivity index (χ1) is 30.9. The Morgan fingerprint density at radius 2 is 1.69 bits per heavy atom. The molecule has 6 rings (SSSR count). The molecule has 2 aromatic carbocycles. The molecule has 4 heterocycles. The number of rotatable bonds is 18. The quantitative estimate of drug-likeness (QED) is 0.0768. The van der Waals surface area contributed by atoms with E-state index in [1.807, 2.05) is 43.6 Å². The average Bonchev–Trinajstić information content (AvgIpc) is 3.90. The summed E-state index contributed by atoms with van der Waals surface area (Å²) in [7, 11) is 0. The summed E-state index contributed by atoms with van der Waals surface area (Å²) in [4.78, 5) is 72.2. The number of aryl methyl sites for hydroxylation is 1. The first-order valence-corrected chi connectivity index (χ1v) is 23.8. The summed E-state index contributed by atoms with van der Waals surface area (Å²) in [5.41, 5.74) is 10.6. The highest BCUT2D eigenvalue weighted by Crippen LogP contribution is 2.36. The highest BCUT2D eigenvalue weighted by molar-refractivity contribution is 7.99. The van der Waals surface area contributed by atoms with E-state index in [9.17, 15) is 24.3 Å². The molecule has 0 radical (unpaired) electrons. The number of ether oxygens (including phenoxy) is 2. The van der Waals surface area contributed by atoms with Gasteiger partial charge in [-0.1, -0.05) is 75.3 Å². The Labute approximate surface area is 393 Å². The van der Waals surface area contributed by atoms with Crippen LogP contribution in [0.25, 0.3) is 10.4 Å². The zero-order chi connectivity index (χ0) is 46.9. The maximum atomic E-state index is 14.0. The lowest BCUT2D eigenvalue weighted by Crippen LogP contribution is -2.58. The van der Waals surface area contributed by atoms with Crippen LogP contribution in [0.1, 0.15) is 71.2 Å². The van der Waals surface area contributed by atoms with Gasteiger partial charge in [0.15, 0.2) is 0 Å². The molecule has 4 atom stereocenters. The average molecular weight is 951 g/mol. The topological polar surface area (TPSA) is 214 Å². The fourth-order valence-electron chi connectivity index (χ4n) is 7.64. The minimum Gasteiger partial charge on any atom is -0.391 e. The number of nitrogens with one attached hydrogen (secondary N) is 3. The van der Waals surface area contributed by atoms with Crippen LogP contribution in [0, 0.1) is 17.8 Å². The van der Waals surface area contributed by atoms with Crippen LogP contribution in [-0.2, 0) is 28.7 Å². The molecule has 4 aromatic rings. The van der Waals surface area contributed by atoms with Crippen LogP contribution in [0.2, 0.25) is 5.02 Å². The van der Waals surface area contributed by atoms with Crippen LogP contribution in [0.15, 0.2) is 70.3 Å². The number of carbonyl (C=O) groups is 4. The molecule has 2 aliphatic heterocycles. The smallest absolute Gasteiger partial charge is 0.250 e. The van der Waals surface area contributed by atoms with Gasteiger partial charge in [-0.15, -0.1) is 11.3 Å². The fraction of sp³-hybridized carbons (Fsp3) is 0.500. The zero-order valence-electron chi connectivity index (χ0n) is 37.8. The molecular weight excluding hydrogens is 890 g/mol. The Kier molecular flexibility index (Phi) is 17.0. The Morgan fingerprint density at radius 3 is 2.29 bits per heavy atom. The van der Waals surface area contributed by atoms with Crippen LogP contribution in [0.4, 0.5) is 11.5 Å². The molecule has 19 heteroatoms. The van der Waals surface area contributed by atoms with Gasteiger partial charge in [0.2, 0.25) is 23.6 Å². The predicted molar refractivity (Wildman–Crippen MR) is 253 cm³/mol. The minimum absolute atomic E-state index is 0.00849. The number of aliphatic hydroxyl groups excluding tert-OH is 1. The summed E-state index contributed by atoms with van der Waals surface area (Å²) in [6, 6.07) is 10.8. The fourth-order valence-corrected chi connectivity index (χ4v) is 9.48. The number of anilines is 2. The van der Waals surface area contributed by atoms with Gasteiger partial charge in [-0.2, -0.15) is 0 Å². The Morgan fingerprint density at radius 1 is 1.00 bits per heavy atom. The number of thiazole rings is 1. The maximum absolute atomic E-state index is 14.0. The lowest BCUT2D eigenvalue weighted by molar-refractivity contribution is -0.144. The summed E-state index contributed by atoms with van der Waals surface area (Å²) >= 11 is 9.50. The largest absolute Gasteiger partial charge is 0.391 e. The summed E-state index contributed by atoms with van der Waals surface area (Å²) in [5.74, 6) is -0.984. The molecule has 16 nitrogen and oxygen atoms in total. The zero-order valence-corrected chi connectivity index (χ0v) is 40.2. The Hall–Kier alpha value is -4.69. The van der Waals surface area contributed by atoms with Crippen LogP contribution in [-0.4, -0.2) is 119 Å². The van der Waals surface area contributed by atoms with Crippen molar-refractivity contribution in [2.75, 3.05) is 62.8 Å². The third kappa shape index (κ3) is 13.5. The molecule has 0 saturated carbocycles. The number of carbonyl (C=O) groups excluding carboxylic acids is 4. The maximum Gasteiger partial charge on any atom is 0.250 e. The lowest BCUT2D eigenvalue weighted by atomic mass is 9.80. The van der Waals surface area contributed by atoms with E-state index in [0.29, 0.717) is 22.3 Å². The van der Waals surface area contributed by atoms with Gasteiger partial charge in [0.05, 0.1) is 58.9 Å². The van der Waals surface area contributed by atoms with Crippen molar-refractivity contribution >= 4 is 69.8 Å². The van der Waals surface area contributed by atoms with Crippen LogP contribution >= 0.6 is 34.7 Å². The number of piperidine rings is 1. The highest BCUT2D eigenvalue weighted by atomic mass is 35.5. The van der Waals surface area contributed by atoms with Crippen LogP contribution < -0.4 is 26.6 Å². The number of hydrogen-bond acceptors (Lipinski definition) is 14. The molecule has 0 aliphatic carbocycles. The number of aromatic nitrogens is 3. The van der Waals surface area contributed by atoms with E-state index in [4.69, 9.17) is 26.8 Å². The Bertz CT molecular complexity index is 2270. The Balaban J connectivity index is 0.902. The first-order valence-electron chi connectivity index (χ1n) is 21.7. The van der Waals surface area contributed by atoms with Crippen molar-refractivity contribution in [2.24, 2.45) is 16.6 Å². The molecule has 0 unspecified atom stereocenters. The molecule has 2 fully saturated rings. The summed E-state index contributed by atoms with van der Waals surface area (Å²) in [6.07, 6.45) is 4.70. The van der Waals surface area contributed by atoms with Crippen molar-refractivity contribution in [1.29, 1.82) is 0 Å². The predicted octanol–water partition coefficient (Wildman–Crippen LogP) is 5.62. The molecule has 0 bridgehead atoms. The molecule has 2 aromatic heterocycles. The summed E-state index contributed by atoms with van der Waals surface area (Å²) < 4.78 is 11.0. The van der Waals surface area contributed by atoms with E-state index in [1.54, 1.807) is 62.7 Å². The van der Waals surface area contributed by atoms with Crippen molar-refractivity contribution in [3.8, 4) is 10.4 Å². The number of nitrogens with two attached hydrogens (primary N) is 1. The number of β-amino-alcohol motifs (C(OH)–C–C–N with tert-alkyl or cyclic N) is 1. The number of nitrogens with zero attached hydrogens (tertiary/aromatic N) is 5. The molecule has 2 saturated heterocycles. The van der Waals surface area contributed by atoms with Crippen LogP contribution in [0.3, 0.4) is 0 Å². The first kappa shape index (κ1) is 49.7. The minimum atomic E-state index is -1.01. The number of likely N-dealkylation sites (tertiary alicyclic amines) is 1. The summed E-state index contributed by atoms with van der Waals surface area (Å²) in [6.45, 7) is 13.3. The lowest BCUT2D eigenvalue weighted by Gasteiger charge is -2.39. The molecule has 4 amide bonds. The molecule has 6 N–H and O–H groups in total. The van der Waals surface area contributed by atoms with Gasteiger partial charge in [0, 0.05) is 36.6 Å². The van der Waals surface area contributed by atoms with Crippen molar-refractivity contribution in [1.82, 2.24) is 30.5 Å². The van der Waals surface area contributed by atoms with Crippen molar-refractivity contribution in [3.05, 3.63) is 76.6 Å². The van der Waals surface area contributed by atoms with Gasteiger partial charge in [-0.05, 0) is 73.4 Å². The van der Waals surface area contributed by atoms with Gasteiger partial charge in [-0.3, -0.25) is 19.2 Å². The van der Waals surface area contributed by atoms with E-state index in [0.717, 1.165) is 58.3 Å². The third-order valence-electron chi connectivity index (χ3n) is 11.7. The molecule has 65 heavy (non-hydrogen) atoms.